The fraction of sp³-hybridized carbons (Fsp3) is 0.263. The maximum Gasteiger partial charge on any atom is 0.339 e. The summed E-state index contributed by atoms with van der Waals surface area (Å²) in [6.07, 6.45) is 1.51. The maximum absolute atomic E-state index is 12.8. The van der Waals surface area contributed by atoms with Gasteiger partial charge >= 0.3 is 5.97 Å². The standard InChI is InChI=1S/C19H19N3O3/c1-13-5-7-16(11-14(13)2)22(10-4-9-20)18(23)17-8-6-15(12-21-17)19(24)25-3/h5-8,11-12H,4,10H2,1-3H3. The molecule has 0 radical (unpaired) electrons. The summed E-state index contributed by atoms with van der Waals surface area (Å²) in [7, 11) is 1.28. The molecular formula is C19H19N3O3. The number of benzene rings is 1. The summed E-state index contributed by atoms with van der Waals surface area (Å²) in [5.41, 5.74) is 3.36. The predicted molar refractivity (Wildman–Crippen MR) is 93.4 cm³/mol. The van der Waals surface area contributed by atoms with E-state index in [4.69, 9.17) is 5.26 Å². The first-order valence-corrected chi connectivity index (χ1v) is 7.78. The van der Waals surface area contributed by atoms with Gasteiger partial charge in [0.25, 0.3) is 5.91 Å². The van der Waals surface area contributed by atoms with Gasteiger partial charge in [-0.2, -0.15) is 5.26 Å². The average molecular weight is 337 g/mol. The second-order valence-electron chi connectivity index (χ2n) is 5.56. The normalized spacial score (nSPS) is 10.0. The van der Waals surface area contributed by atoms with Crippen LogP contribution >= 0.6 is 0 Å². The molecule has 6 heteroatoms. The summed E-state index contributed by atoms with van der Waals surface area (Å²) >= 11 is 0. The molecule has 0 unspecified atom stereocenters. The van der Waals surface area contributed by atoms with Crippen molar-refractivity contribution in [3.8, 4) is 6.07 Å². The summed E-state index contributed by atoms with van der Waals surface area (Å²) in [4.78, 5) is 29.9. The summed E-state index contributed by atoms with van der Waals surface area (Å²) in [5.74, 6) is -0.836. The number of pyridine rings is 1. The number of carbonyl (C=O) groups is 2. The molecule has 1 heterocycles. The fourth-order valence-corrected chi connectivity index (χ4v) is 2.30. The van der Waals surface area contributed by atoms with Gasteiger partial charge in [0.05, 0.1) is 25.2 Å². The quantitative estimate of drug-likeness (QED) is 0.783. The van der Waals surface area contributed by atoms with Crippen LogP contribution in [0.25, 0.3) is 0 Å². The molecule has 0 fully saturated rings. The predicted octanol–water partition coefficient (Wildman–Crippen LogP) is 3.05. The highest BCUT2D eigenvalue weighted by atomic mass is 16.5. The summed E-state index contributed by atoms with van der Waals surface area (Å²) in [6.45, 7) is 4.22. The minimum absolute atomic E-state index is 0.198. The van der Waals surface area contributed by atoms with Crippen LogP contribution in [0.1, 0.15) is 38.4 Å². The number of amides is 1. The van der Waals surface area contributed by atoms with Gasteiger partial charge in [0.1, 0.15) is 5.69 Å². The van der Waals surface area contributed by atoms with Crippen LogP contribution in [-0.4, -0.2) is 30.5 Å². The Balaban J connectivity index is 2.33. The number of hydrogen-bond donors (Lipinski definition) is 0. The van der Waals surface area contributed by atoms with Crippen LogP contribution in [0.4, 0.5) is 5.69 Å². The van der Waals surface area contributed by atoms with Crippen LogP contribution in [0.5, 0.6) is 0 Å². The summed E-state index contributed by atoms with van der Waals surface area (Å²) in [6, 6.07) is 10.7. The highest BCUT2D eigenvalue weighted by Gasteiger charge is 2.20. The number of nitriles is 1. The summed E-state index contributed by atoms with van der Waals surface area (Å²) < 4.78 is 4.62. The molecule has 1 aromatic heterocycles. The van der Waals surface area contributed by atoms with Crippen molar-refractivity contribution in [1.82, 2.24) is 4.98 Å². The third kappa shape index (κ3) is 4.21. The first kappa shape index (κ1) is 18.1. The van der Waals surface area contributed by atoms with E-state index in [2.05, 4.69) is 15.8 Å². The highest BCUT2D eigenvalue weighted by molar-refractivity contribution is 6.05. The number of carbonyl (C=O) groups excluding carboxylic acids is 2. The monoisotopic (exact) mass is 337 g/mol. The molecular weight excluding hydrogens is 318 g/mol. The van der Waals surface area contributed by atoms with E-state index in [1.165, 1.54) is 30.3 Å². The van der Waals surface area contributed by atoms with E-state index in [0.717, 1.165) is 11.1 Å². The molecule has 1 aromatic carbocycles. The van der Waals surface area contributed by atoms with E-state index < -0.39 is 5.97 Å². The maximum atomic E-state index is 12.8. The first-order chi connectivity index (χ1) is 12.0. The van der Waals surface area contributed by atoms with Gasteiger partial charge in [-0.05, 0) is 49.2 Å². The molecule has 0 saturated carbocycles. The molecule has 1 amide bonds. The number of aryl methyl sites for hydroxylation is 2. The van der Waals surface area contributed by atoms with E-state index in [9.17, 15) is 9.59 Å². The Morgan fingerprint density at radius 2 is 1.96 bits per heavy atom. The molecule has 2 aromatic rings. The molecule has 0 aliphatic rings. The lowest BCUT2D eigenvalue weighted by atomic mass is 10.1. The lowest BCUT2D eigenvalue weighted by Gasteiger charge is -2.22. The van der Waals surface area contributed by atoms with Gasteiger partial charge in [-0.15, -0.1) is 0 Å². The zero-order valence-electron chi connectivity index (χ0n) is 14.4. The zero-order valence-corrected chi connectivity index (χ0v) is 14.4. The van der Waals surface area contributed by atoms with E-state index >= 15 is 0 Å². The minimum Gasteiger partial charge on any atom is -0.465 e. The van der Waals surface area contributed by atoms with Crippen LogP contribution < -0.4 is 4.90 Å². The van der Waals surface area contributed by atoms with Crippen molar-refractivity contribution in [1.29, 1.82) is 5.26 Å². The Labute approximate surface area is 146 Å². The molecule has 6 nitrogen and oxygen atoms in total. The largest absolute Gasteiger partial charge is 0.465 e. The second kappa shape index (κ2) is 8.06. The van der Waals surface area contributed by atoms with E-state index in [0.29, 0.717) is 5.69 Å². The number of esters is 1. The fourth-order valence-electron chi connectivity index (χ4n) is 2.30. The number of rotatable bonds is 5. The molecule has 128 valence electrons. The van der Waals surface area contributed by atoms with Crippen LogP contribution in [0, 0.1) is 25.2 Å². The Hall–Kier alpha value is -3.20. The van der Waals surface area contributed by atoms with Gasteiger partial charge in [0, 0.05) is 18.4 Å². The number of aromatic nitrogens is 1. The molecule has 25 heavy (non-hydrogen) atoms. The minimum atomic E-state index is -0.512. The zero-order chi connectivity index (χ0) is 18.4. The Kier molecular flexibility index (Phi) is 5.85. The summed E-state index contributed by atoms with van der Waals surface area (Å²) in [5, 5.41) is 8.88. The Morgan fingerprint density at radius 1 is 1.20 bits per heavy atom. The van der Waals surface area contributed by atoms with Crippen molar-refractivity contribution >= 4 is 17.6 Å². The topological polar surface area (TPSA) is 83.3 Å². The number of nitrogens with zero attached hydrogens (tertiary/aromatic N) is 3. The van der Waals surface area contributed by atoms with Crippen molar-refractivity contribution < 1.29 is 14.3 Å². The number of methoxy groups -OCH3 is 1. The second-order valence-corrected chi connectivity index (χ2v) is 5.56. The molecule has 0 bridgehead atoms. The van der Waals surface area contributed by atoms with Crippen molar-refractivity contribution in [2.75, 3.05) is 18.6 Å². The molecule has 0 atom stereocenters. The van der Waals surface area contributed by atoms with Gasteiger partial charge in [-0.3, -0.25) is 9.78 Å². The molecule has 0 spiro atoms. The van der Waals surface area contributed by atoms with Crippen LogP contribution in [0.2, 0.25) is 0 Å². The first-order valence-electron chi connectivity index (χ1n) is 7.78. The van der Waals surface area contributed by atoms with Gasteiger partial charge in [-0.25, -0.2) is 4.79 Å². The lowest BCUT2D eigenvalue weighted by molar-refractivity contribution is 0.0599. The van der Waals surface area contributed by atoms with E-state index in [-0.39, 0.29) is 30.1 Å². The molecule has 2 rings (SSSR count). The molecule has 0 aliphatic carbocycles. The lowest BCUT2D eigenvalue weighted by Crippen LogP contribution is -2.32. The third-order valence-electron chi connectivity index (χ3n) is 3.90. The van der Waals surface area contributed by atoms with Crippen molar-refractivity contribution in [3.05, 3.63) is 58.9 Å². The SMILES string of the molecule is COC(=O)c1ccc(C(=O)N(CCC#N)c2ccc(C)c(C)c2)nc1. The van der Waals surface area contributed by atoms with Gasteiger partial charge in [-0.1, -0.05) is 6.07 Å². The highest BCUT2D eigenvalue weighted by Crippen LogP contribution is 2.21. The Bertz CT molecular complexity index is 823. The Morgan fingerprint density at radius 3 is 2.52 bits per heavy atom. The molecule has 0 N–H and O–H groups in total. The number of hydrogen-bond acceptors (Lipinski definition) is 5. The number of anilines is 1. The van der Waals surface area contributed by atoms with Gasteiger partial charge < -0.3 is 9.64 Å². The van der Waals surface area contributed by atoms with Gasteiger partial charge in [0.2, 0.25) is 0 Å². The van der Waals surface area contributed by atoms with Crippen LogP contribution in [0.3, 0.4) is 0 Å². The van der Waals surface area contributed by atoms with Crippen LogP contribution in [-0.2, 0) is 4.74 Å². The van der Waals surface area contributed by atoms with E-state index in [1.54, 1.807) is 0 Å². The third-order valence-corrected chi connectivity index (χ3v) is 3.90. The van der Waals surface area contributed by atoms with Crippen molar-refractivity contribution in [3.63, 3.8) is 0 Å². The average Bonchev–Trinajstić information content (AvgIpc) is 2.64. The smallest absolute Gasteiger partial charge is 0.339 e. The van der Waals surface area contributed by atoms with Crippen LogP contribution in [0.15, 0.2) is 36.5 Å². The molecule has 0 aliphatic heterocycles. The molecule has 0 saturated heterocycles. The number of ether oxygens (including phenoxy) is 1. The van der Waals surface area contributed by atoms with Gasteiger partial charge in [0.15, 0.2) is 0 Å². The van der Waals surface area contributed by atoms with E-state index in [1.807, 2.05) is 32.0 Å². The van der Waals surface area contributed by atoms with Crippen molar-refractivity contribution in [2.45, 2.75) is 20.3 Å². The van der Waals surface area contributed by atoms with Crippen molar-refractivity contribution in [2.24, 2.45) is 0 Å².